The Morgan fingerprint density at radius 3 is 2.50 bits per heavy atom. The van der Waals surface area contributed by atoms with E-state index in [1.54, 1.807) is 0 Å². The normalized spacial score (nSPS) is 10.9. The first-order chi connectivity index (χ1) is 16.4. The summed E-state index contributed by atoms with van der Waals surface area (Å²) in [6, 6.07) is 19.4. The SMILES string of the molecule is Cc1ccc(C(=O)NCCn2cc(SCC(=O)Nc3ccc(F)cc3)c3ccccc32)cc1C. The van der Waals surface area contributed by atoms with Crippen LogP contribution in [0.3, 0.4) is 0 Å². The first-order valence-electron chi connectivity index (χ1n) is 11.0. The quantitative estimate of drug-likeness (QED) is 0.328. The Kier molecular flexibility index (Phi) is 7.33. The molecule has 1 heterocycles. The predicted molar refractivity (Wildman–Crippen MR) is 136 cm³/mol. The van der Waals surface area contributed by atoms with Gasteiger partial charge < -0.3 is 15.2 Å². The van der Waals surface area contributed by atoms with E-state index in [0.717, 1.165) is 26.9 Å². The largest absolute Gasteiger partial charge is 0.350 e. The van der Waals surface area contributed by atoms with Crippen molar-refractivity contribution < 1.29 is 14.0 Å². The minimum Gasteiger partial charge on any atom is -0.350 e. The zero-order valence-electron chi connectivity index (χ0n) is 19.1. The Bertz CT molecular complexity index is 1330. The summed E-state index contributed by atoms with van der Waals surface area (Å²) < 4.78 is 15.1. The van der Waals surface area contributed by atoms with Gasteiger partial charge in [0.05, 0.1) is 5.75 Å². The number of benzene rings is 3. The maximum absolute atomic E-state index is 13.1. The molecule has 2 N–H and O–H groups in total. The number of aryl methyl sites for hydroxylation is 2. The average Bonchev–Trinajstić information content (AvgIpc) is 3.18. The lowest BCUT2D eigenvalue weighted by Crippen LogP contribution is -2.27. The molecule has 1 aromatic heterocycles. The van der Waals surface area contributed by atoms with Crippen molar-refractivity contribution in [2.45, 2.75) is 25.3 Å². The number of nitrogens with one attached hydrogen (secondary N) is 2. The van der Waals surface area contributed by atoms with Crippen LogP contribution < -0.4 is 10.6 Å². The molecule has 0 aliphatic rings. The van der Waals surface area contributed by atoms with Crippen molar-refractivity contribution in [3.63, 3.8) is 0 Å². The molecule has 34 heavy (non-hydrogen) atoms. The fourth-order valence-electron chi connectivity index (χ4n) is 3.66. The van der Waals surface area contributed by atoms with E-state index in [1.165, 1.54) is 36.0 Å². The lowest BCUT2D eigenvalue weighted by atomic mass is 10.1. The molecule has 4 rings (SSSR count). The van der Waals surface area contributed by atoms with Crippen LogP contribution in [0.5, 0.6) is 0 Å². The highest BCUT2D eigenvalue weighted by molar-refractivity contribution is 8.00. The molecular weight excluding hydrogens is 449 g/mol. The lowest BCUT2D eigenvalue weighted by Gasteiger charge is -2.09. The third-order valence-corrected chi connectivity index (χ3v) is 6.69. The van der Waals surface area contributed by atoms with Gasteiger partial charge in [0.1, 0.15) is 5.82 Å². The Labute approximate surface area is 202 Å². The molecular formula is C27H26FN3O2S. The molecule has 0 bridgehead atoms. The molecule has 0 unspecified atom stereocenters. The highest BCUT2D eigenvalue weighted by atomic mass is 32.2. The smallest absolute Gasteiger partial charge is 0.251 e. The highest BCUT2D eigenvalue weighted by Gasteiger charge is 2.12. The molecule has 7 heteroatoms. The van der Waals surface area contributed by atoms with Gasteiger partial charge in [-0.3, -0.25) is 9.59 Å². The van der Waals surface area contributed by atoms with Gasteiger partial charge in [-0.05, 0) is 67.4 Å². The van der Waals surface area contributed by atoms with E-state index < -0.39 is 0 Å². The molecule has 0 spiro atoms. The van der Waals surface area contributed by atoms with Crippen LogP contribution in [0.15, 0.2) is 77.8 Å². The topological polar surface area (TPSA) is 63.1 Å². The number of halogens is 1. The minimum atomic E-state index is -0.342. The van der Waals surface area contributed by atoms with Crippen molar-refractivity contribution in [1.82, 2.24) is 9.88 Å². The molecule has 3 aromatic carbocycles. The number of rotatable bonds is 8. The number of aromatic nitrogens is 1. The van der Waals surface area contributed by atoms with Gasteiger partial charge in [0.15, 0.2) is 0 Å². The number of anilines is 1. The van der Waals surface area contributed by atoms with Gasteiger partial charge in [-0.2, -0.15) is 0 Å². The molecule has 0 fully saturated rings. The van der Waals surface area contributed by atoms with Gasteiger partial charge in [0, 0.05) is 46.3 Å². The van der Waals surface area contributed by atoms with E-state index in [1.807, 2.05) is 62.5 Å². The van der Waals surface area contributed by atoms with Crippen LogP contribution in [0, 0.1) is 19.7 Å². The molecule has 5 nitrogen and oxygen atoms in total. The Morgan fingerprint density at radius 1 is 0.971 bits per heavy atom. The second kappa shape index (κ2) is 10.6. The number of carbonyl (C=O) groups excluding carboxylic acids is 2. The van der Waals surface area contributed by atoms with Crippen molar-refractivity contribution in [1.29, 1.82) is 0 Å². The van der Waals surface area contributed by atoms with Gasteiger partial charge >= 0.3 is 0 Å². The van der Waals surface area contributed by atoms with Gasteiger partial charge in [-0.15, -0.1) is 11.8 Å². The van der Waals surface area contributed by atoms with Crippen LogP contribution in [0.25, 0.3) is 10.9 Å². The molecule has 0 radical (unpaired) electrons. The second-order valence-corrected chi connectivity index (χ2v) is 9.12. The van der Waals surface area contributed by atoms with Crippen LogP contribution in [0.2, 0.25) is 0 Å². The van der Waals surface area contributed by atoms with Crippen molar-refractivity contribution in [2.24, 2.45) is 0 Å². The van der Waals surface area contributed by atoms with E-state index in [2.05, 4.69) is 15.2 Å². The fraction of sp³-hybridized carbons (Fsp3) is 0.185. The monoisotopic (exact) mass is 475 g/mol. The van der Waals surface area contributed by atoms with Crippen molar-refractivity contribution in [3.05, 3.63) is 95.4 Å². The first kappa shape index (κ1) is 23.6. The molecule has 0 aliphatic carbocycles. The number of fused-ring (bicyclic) bond motifs is 1. The lowest BCUT2D eigenvalue weighted by molar-refractivity contribution is -0.113. The van der Waals surface area contributed by atoms with Crippen LogP contribution in [0.1, 0.15) is 21.5 Å². The number of carbonyl (C=O) groups is 2. The average molecular weight is 476 g/mol. The Hall–Kier alpha value is -3.58. The minimum absolute atomic E-state index is 0.0911. The van der Waals surface area contributed by atoms with Crippen LogP contribution >= 0.6 is 11.8 Å². The van der Waals surface area contributed by atoms with Crippen molar-refractivity contribution in [3.8, 4) is 0 Å². The molecule has 2 amide bonds. The molecule has 0 saturated heterocycles. The third-order valence-electron chi connectivity index (χ3n) is 5.65. The van der Waals surface area contributed by atoms with Crippen LogP contribution in [-0.2, 0) is 11.3 Å². The Morgan fingerprint density at radius 2 is 1.74 bits per heavy atom. The fourth-order valence-corrected chi connectivity index (χ4v) is 4.55. The summed E-state index contributed by atoms with van der Waals surface area (Å²) >= 11 is 1.45. The zero-order chi connectivity index (χ0) is 24.1. The first-order valence-corrected chi connectivity index (χ1v) is 12.0. The summed E-state index contributed by atoms with van der Waals surface area (Å²) in [7, 11) is 0. The summed E-state index contributed by atoms with van der Waals surface area (Å²) in [4.78, 5) is 25.9. The van der Waals surface area contributed by atoms with E-state index in [0.29, 0.717) is 24.3 Å². The zero-order valence-corrected chi connectivity index (χ0v) is 19.9. The van der Waals surface area contributed by atoms with Crippen LogP contribution in [-0.4, -0.2) is 28.7 Å². The van der Waals surface area contributed by atoms with Crippen molar-refractivity contribution >= 4 is 40.2 Å². The second-order valence-electron chi connectivity index (χ2n) is 8.10. The van der Waals surface area contributed by atoms with E-state index in [9.17, 15) is 14.0 Å². The summed E-state index contributed by atoms with van der Waals surface area (Å²) in [5.74, 6) is -0.361. The summed E-state index contributed by atoms with van der Waals surface area (Å²) in [6.07, 6.45) is 2.02. The Balaban J connectivity index is 1.38. The van der Waals surface area contributed by atoms with Crippen LogP contribution in [0.4, 0.5) is 10.1 Å². The maximum atomic E-state index is 13.1. The van der Waals surface area contributed by atoms with Gasteiger partial charge in [-0.1, -0.05) is 24.3 Å². The molecule has 174 valence electrons. The standard InChI is InChI=1S/C27H26FN3O2S/c1-18-7-8-20(15-19(18)2)27(33)29-13-14-31-16-25(23-5-3-4-6-24(23)31)34-17-26(32)30-22-11-9-21(28)10-12-22/h3-12,15-16H,13-14,17H2,1-2H3,(H,29,33)(H,30,32). The van der Waals surface area contributed by atoms with E-state index in [4.69, 9.17) is 0 Å². The third kappa shape index (κ3) is 5.66. The summed E-state index contributed by atoms with van der Waals surface area (Å²) in [6.45, 7) is 5.12. The molecule has 0 aliphatic heterocycles. The number of hydrogen-bond donors (Lipinski definition) is 2. The van der Waals surface area contributed by atoms with E-state index >= 15 is 0 Å². The number of hydrogen-bond acceptors (Lipinski definition) is 3. The number of amides is 2. The number of thioether (sulfide) groups is 1. The highest BCUT2D eigenvalue weighted by Crippen LogP contribution is 2.30. The van der Waals surface area contributed by atoms with Gasteiger partial charge in [0.25, 0.3) is 5.91 Å². The number of para-hydroxylation sites is 1. The molecule has 0 atom stereocenters. The molecule has 4 aromatic rings. The van der Waals surface area contributed by atoms with Gasteiger partial charge in [-0.25, -0.2) is 4.39 Å². The van der Waals surface area contributed by atoms with Crippen molar-refractivity contribution in [2.75, 3.05) is 17.6 Å². The number of nitrogens with zero attached hydrogens (tertiary/aromatic N) is 1. The maximum Gasteiger partial charge on any atom is 0.251 e. The summed E-state index contributed by atoms with van der Waals surface area (Å²) in [5, 5.41) is 6.83. The predicted octanol–water partition coefficient (Wildman–Crippen LogP) is 5.56. The van der Waals surface area contributed by atoms with E-state index in [-0.39, 0.29) is 23.4 Å². The summed E-state index contributed by atoms with van der Waals surface area (Å²) in [5.41, 5.74) is 4.52. The van der Waals surface area contributed by atoms with Gasteiger partial charge in [0.2, 0.25) is 5.91 Å². The molecule has 0 saturated carbocycles.